The SMILES string of the molecule is Nc1ccn([C@@H]2O[C@H](COP([O-])(O)=S)C(O)[C@@H]2O)c(=O)n1.Nc1nc2c(ncn2[C@@H]2O[C@H](COP([O-])(O)=S)C(O)[C@@H]2O)c(=O)[nH]1.Nc1ncnc2c1ncn2[C@@H]1O[C@H](COP([O-])(O)=S)C(O)[C@@H]1O.O=C1N=CC([C@@H]2O[C@H](COP([O-])(O)=S)C(O)[C@@H]2O)C(=O)N1.O=c1ccn([C@@H]2O[C@H](COP([O-])(O)=S)C(O)[C@@H]2O)c(=O)[nH]1. The molecule has 63 heteroatoms. The number of H-pyrrole nitrogens is 2. The molecule has 11 unspecified atom stereocenters. The standard InChI is InChI=1S/C10H14N5O7PS.C10H14N5O6PS.C9H14N3O7PS.2C9H13N2O8PS/c11-10-13-7-4(8(18)14-10)12-2-15(7)9-6(17)5(16)3(22-9)1-21-23(19,20)24;11-8-5-9(13-2-12-8)15(3-14-5)10-7(17)6(16)4(21-10)1-20-22(18,19)23;10-5-1-2-12(9(15)11-5)8-7(14)6(13)4(19-8)3-18-20(16,17)21;12-5-4(2-18-20(16,17)21)19-7(6(5)13)3-1-10-9(15)11-8(3)14;12-5-1-2-11(9(15)10-5)8-7(14)6(13)4(19-8)3-18-20(16,17)21/h2-3,5-6,9,16-17H,1H2,(H2,19,20,24)(H3,11,13,14,18);2-4,6-7,10,16-17H,1H2,(H2,11,12,13)(H2,18,19,23);1-2,4,6-8,13-14H,3H2,(H2,10,11,15)(H2,16,17,21);1,3-7,12-13H,2H2,(H,11,14,15)(H2,16,17,21);1-2,4,6-8,13-14H,3H2,(H,10,12,15)(H2,16,17,21)/p-5/t3-,5?,6+,9-;4-,6?,7+,10-;4-,6?,7+,8-;3?,4-,5?,6+,7+;4-,6?,7+,8-/m11111/s1. The first-order chi connectivity index (χ1) is 51.0. The summed E-state index contributed by atoms with van der Waals surface area (Å²) < 4.78 is 53.6. The number of aromatic amines is 2. The maximum Gasteiger partial charge on any atom is 0.351 e. The van der Waals surface area contributed by atoms with Gasteiger partial charge in [0.1, 0.15) is 155 Å². The molecule has 0 radical (unpaired) electrons. The fourth-order valence-electron chi connectivity index (χ4n) is 10.5. The van der Waals surface area contributed by atoms with Gasteiger partial charge in [0.05, 0.1) is 45.7 Å². The minimum absolute atomic E-state index is 0.00325. The fraction of sp³-hybridized carbons (Fsp3) is 0.553. The highest BCUT2D eigenvalue weighted by Gasteiger charge is 2.51. The number of ether oxygens (including phenoxy) is 5. The Morgan fingerprint density at radius 3 is 1.28 bits per heavy atom. The number of carbonyl (C=O) groups excluding carboxylic acids is 2. The Bertz CT molecular complexity index is 4790. The number of nitrogens with one attached hydrogen (secondary N) is 3. The normalized spacial score (nSPS) is 32.6. The van der Waals surface area contributed by atoms with Crippen LogP contribution in [0.3, 0.4) is 0 Å². The number of nitrogen functional groups attached to an aromatic ring is 3. The lowest BCUT2D eigenvalue weighted by Gasteiger charge is -2.24. The number of imidazole rings is 2. The first-order valence-electron chi connectivity index (χ1n) is 30.2. The molecule has 12 heterocycles. The van der Waals surface area contributed by atoms with Crippen LogP contribution in [0.15, 0.2) is 67.7 Å². The summed E-state index contributed by atoms with van der Waals surface area (Å²) in [5.74, 6) is -1.81. The number of aliphatic hydroxyl groups is 10. The largest absolute Gasteiger partial charge is 0.780 e. The number of amides is 3. The van der Waals surface area contributed by atoms with Gasteiger partial charge in [0.15, 0.2) is 47.5 Å². The first-order valence-corrected chi connectivity index (χ1v) is 43.2. The highest BCUT2D eigenvalue weighted by atomic mass is 32.5. The highest BCUT2D eigenvalue weighted by molar-refractivity contribution is 8.07. The lowest BCUT2D eigenvalue weighted by Crippen LogP contribution is -2.48. The molecule has 12 rings (SSSR count). The van der Waals surface area contributed by atoms with Gasteiger partial charge in [0.25, 0.3) is 11.1 Å². The third-order valence-electron chi connectivity index (χ3n) is 15.6. The average Bonchev–Trinajstić information content (AvgIpc) is 1.64. The summed E-state index contributed by atoms with van der Waals surface area (Å²) in [4.78, 5) is 198. The molecule has 26 atom stereocenters. The first kappa shape index (κ1) is 90.3. The molecule has 0 aromatic carbocycles. The molecule has 3 amide bonds. The number of anilines is 3. The summed E-state index contributed by atoms with van der Waals surface area (Å²) in [5.41, 5.74) is 14.4. The predicted molar refractivity (Wildman–Crippen MR) is 369 cm³/mol. The molecule has 6 aliphatic rings. The Hall–Kier alpha value is -5.28. The molecule has 53 nitrogen and oxygen atoms in total. The van der Waals surface area contributed by atoms with E-state index in [1.54, 1.807) is 0 Å². The number of rotatable bonds is 20. The van der Waals surface area contributed by atoms with Crippen molar-refractivity contribution in [1.82, 2.24) is 63.5 Å². The summed E-state index contributed by atoms with van der Waals surface area (Å²) in [6.45, 7) is -23.4. The Kier molecular flexibility index (Phi) is 30.5. The maximum atomic E-state index is 11.8. The minimum Gasteiger partial charge on any atom is -0.780 e. The van der Waals surface area contributed by atoms with Crippen molar-refractivity contribution >= 4 is 151 Å². The van der Waals surface area contributed by atoms with Crippen molar-refractivity contribution in [3.05, 3.63) is 85.2 Å². The lowest BCUT2D eigenvalue weighted by atomic mass is 9.95. The van der Waals surface area contributed by atoms with E-state index in [-0.39, 0.29) is 28.7 Å². The molecule has 0 saturated carbocycles. The molecular weight excluding hydrogens is 1690 g/mol. The van der Waals surface area contributed by atoms with Gasteiger partial charge in [-0.3, -0.25) is 47.9 Å². The number of urea groups is 1. The van der Waals surface area contributed by atoms with E-state index >= 15 is 0 Å². The van der Waals surface area contributed by atoms with Gasteiger partial charge >= 0.3 is 17.4 Å². The number of fused-ring (bicyclic) bond motifs is 2. The summed E-state index contributed by atoms with van der Waals surface area (Å²) >= 11 is 20.9. The van der Waals surface area contributed by atoms with Crippen LogP contribution in [0.1, 0.15) is 24.9 Å². The quantitative estimate of drug-likeness (QED) is 0.0316. The number of hydrogen-bond acceptors (Lipinski definition) is 45. The van der Waals surface area contributed by atoms with Crippen molar-refractivity contribution in [2.75, 3.05) is 50.2 Å². The Labute approximate surface area is 635 Å². The molecule has 6 aliphatic heterocycles. The van der Waals surface area contributed by atoms with Gasteiger partial charge in [-0.1, -0.05) is 59.0 Å². The molecule has 110 heavy (non-hydrogen) atoms. The topological polar surface area (TPSA) is 845 Å². The zero-order valence-electron chi connectivity index (χ0n) is 54.5. The third kappa shape index (κ3) is 23.7. The summed E-state index contributed by atoms with van der Waals surface area (Å²) in [6, 6.07) is 1.52. The molecule has 0 aliphatic carbocycles. The van der Waals surface area contributed by atoms with E-state index in [1.807, 2.05) is 10.3 Å². The number of carbonyl (C=O) groups is 2. The lowest BCUT2D eigenvalue weighted by molar-refractivity contribution is -0.205. The van der Waals surface area contributed by atoms with Gasteiger partial charge < -0.3 is 164 Å². The molecule has 0 spiro atoms. The molecule has 24 N–H and O–H groups in total. The van der Waals surface area contributed by atoms with Gasteiger partial charge in [-0.25, -0.2) is 39.3 Å². The smallest absolute Gasteiger partial charge is 0.351 e. The number of nitrogens with two attached hydrogens (primary N) is 3. The Balaban J connectivity index is 0.000000173. The predicted octanol–water partition coefficient (Wildman–Crippen LogP) is -14.7. The van der Waals surface area contributed by atoms with E-state index in [2.05, 4.69) is 122 Å². The zero-order valence-corrected chi connectivity index (χ0v) is 63.0. The zero-order chi connectivity index (χ0) is 81.8. The molecule has 5 fully saturated rings. The number of aromatic nitrogens is 12. The third-order valence-corrected chi connectivity index (χ3v) is 19.6. The van der Waals surface area contributed by atoms with Crippen LogP contribution in [0.4, 0.5) is 22.4 Å². The number of imide groups is 1. The van der Waals surface area contributed by atoms with Crippen LogP contribution in [-0.4, -0.2) is 283 Å². The number of nitrogens with zero attached hydrogens (tertiary/aromatic N) is 11. The van der Waals surface area contributed by atoms with Gasteiger partial charge in [0.2, 0.25) is 11.9 Å². The van der Waals surface area contributed by atoms with Crippen LogP contribution in [0.5, 0.6) is 0 Å². The van der Waals surface area contributed by atoms with Crippen LogP contribution in [-0.2, 0) is 110 Å². The Morgan fingerprint density at radius 2 is 0.864 bits per heavy atom. The van der Waals surface area contributed by atoms with Crippen LogP contribution in [0.2, 0.25) is 0 Å². The van der Waals surface area contributed by atoms with E-state index in [0.717, 1.165) is 27.6 Å². The van der Waals surface area contributed by atoms with E-state index in [9.17, 15) is 104 Å². The second kappa shape index (κ2) is 37.1. The van der Waals surface area contributed by atoms with Crippen molar-refractivity contribution in [1.29, 1.82) is 0 Å². The van der Waals surface area contributed by atoms with E-state index in [1.165, 1.54) is 40.4 Å². The van der Waals surface area contributed by atoms with E-state index in [4.69, 9.17) is 65.4 Å². The van der Waals surface area contributed by atoms with Crippen LogP contribution < -0.4 is 69.5 Å². The van der Waals surface area contributed by atoms with Gasteiger partial charge in [-0.15, -0.1) is 0 Å². The second-order valence-corrected chi connectivity index (χ2v) is 36.0. The van der Waals surface area contributed by atoms with Crippen molar-refractivity contribution in [3.63, 3.8) is 0 Å². The van der Waals surface area contributed by atoms with Crippen molar-refractivity contribution < 1.29 is 156 Å². The van der Waals surface area contributed by atoms with Crippen LogP contribution >= 0.6 is 33.6 Å². The summed E-state index contributed by atoms with van der Waals surface area (Å²) in [5, 5.41) is 101. The van der Waals surface area contributed by atoms with Crippen molar-refractivity contribution in [2.24, 2.45) is 10.9 Å². The van der Waals surface area contributed by atoms with E-state index < -0.39 is 230 Å². The molecule has 6 aromatic rings. The summed E-state index contributed by atoms with van der Waals surface area (Å²) in [7, 11) is 0. The molecule has 5 saturated heterocycles. The molecular formula is C47H63N17O36P5S5-5. The summed E-state index contributed by atoms with van der Waals surface area (Å²) in [6.07, 6.45) is -18.6. The molecule has 6 aromatic heterocycles. The number of aliphatic hydroxyl groups excluding tert-OH is 10. The number of aliphatic imine (C=N–C) groups is 1. The second-order valence-electron chi connectivity index (χ2n) is 23.1. The molecule has 612 valence electrons. The van der Waals surface area contributed by atoms with Gasteiger partial charge in [-0.05, 0) is 6.07 Å². The Morgan fingerprint density at radius 1 is 0.473 bits per heavy atom. The van der Waals surface area contributed by atoms with E-state index in [0.29, 0.717) is 11.2 Å². The average molecular weight is 1760 g/mol. The van der Waals surface area contributed by atoms with Crippen LogP contribution in [0.25, 0.3) is 22.3 Å². The molecule has 0 bridgehead atoms. The number of hydrogen-bond donors (Lipinski definition) is 21. The van der Waals surface area contributed by atoms with Crippen molar-refractivity contribution in [3.8, 4) is 0 Å². The minimum atomic E-state index is -4.18. The van der Waals surface area contributed by atoms with Gasteiger partial charge in [0, 0.05) is 24.7 Å². The van der Waals surface area contributed by atoms with Crippen molar-refractivity contribution in [2.45, 2.75) is 123 Å². The van der Waals surface area contributed by atoms with Gasteiger partial charge in [-0.2, -0.15) is 9.97 Å². The van der Waals surface area contributed by atoms with Crippen LogP contribution in [0, 0.1) is 5.92 Å². The fourth-order valence-corrected chi connectivity index (χ4v) is 13.1. The highest BCUT2D eigenvalue weighted by Crippen LogP contribution is 2.41. The maximum absolute atomic E-state index is 11.8. The monoisotopic (exact) mass is 1760 g/mol.